The van der Waals surface area contributed by atoms with Crippen molar-refractivity contribution in [3.63, 3.8) is 0 Å². The van der Waals surface area contributed by atoms with Crippen molar-refractivity contribution in [1.29, 1.82) is 0 Å². The van der Waals surface area contributed by atoms with Crippen molar-refractivity contribution < 1.29 is 14.0 Å². The number of halogens is 3. The summed E-state index contributed by atoms with van der Waals surface area (Å²) in [6.07, 6.45) is 2.24. The van der Waals surface area contributed by atoms with Gasteiger partial charge in [-0.3, -0.25) is 9.59 Å². The Bertz CT molecular complexity index is 1160. The van der Waals surface area contributed by atoms with Gasteiger partial charge in [-0.25, -0.2) is 9.37 Å². The second kappa shape index (κ2) is 8.65. The summed E-state index contributed by atoms with van der Waals surface area (Å²) in [5.74, 6) is -1.73. The Balaban J connectivity index is 1.90. The second-order valence-electron chi connectivity index (χ2n) is 7.27. The van der Waals surface area contributed by atoms with Gasteiger partial charge in [-0.2, -0.15) is 0 Å². The number of fused-ring (bicyclic) bond motifs is 1. The zero-order chi connectivity index (χ0) is 22.1. The minimum atomic E-state index is -1.11. The van der Waals surface area contributed by atoms with Crippen molar-refractivity contribution in [3.8, 4) is 0 Å². The molecule has 2 atom stereocenters. The molecule has 1 aromatic heterocycles. The van der Waals surface area contributed by atoms with Gasteiger partial charge in [-0.15, -0.1) is 0 Å². The van der Waals surface area contributed by atoms with Crippen molar-refractivity contribution in [2.45, 2.75) is 24.9 Å². The van der Waals surface area contributed by atoms with E-state index < -0.39 is 29.7 Å². The molecule has 2 N–H and O–H groups in total. The molecular weight excluding hydrogens is 440 g/mol. The number of primary amides is 1. The summed E-state index contributed by atoms with van der Waals surface area (Å²) in [6.45, 7) is 0. The molecule has 8 heteroatoms. The molecule has 0 fully saturated rings. The Labute approximate surface area is 188 Å². The molecule has 3 aromatic rings. The predicted molar refractivity (Wildman–Crippen MR) is 116 cm³/mol. The first kappa shape index (κ1) is 21.3. The molecule has 0 bridgehead atoms. The van der Waals surface area contributed by atoms with E-state index in [0.29, 0.717) is 29.5 Å². The minimum absolute atomic E-state index is 0.0118. The molecule has 1 aliphatic carbocycles. The first-order chi connectivity index (χ1) is 14.9. The first-order valence-corrected chi connectivity index (χ1v) is 10.4. The maximum atomic E-state index is 14.5. The summed E-state index contributed by atoms with van der Waals surface area (Å²) in [5, 5.41) is 0.353. The topological polar surface area (TPSA) is 76.3 Å². The van der Waals surface area contributed by atoms with E-state index in [2.05, 4.69) is 4.98 Å². The predicted octanol–water partition coefficient (Wildman–Crippen LogP) is 4.88. The fourth-order valence-corrected chi connectivity index (χ4v) is 4.53. The lowest BCUT2D eigenvalue weighted by atomic mass is 9.98. The molecule has 1 unspecified atom stereocenters. The summed E-state index contributed by atoms with van der Waals surface area (Å²) in [6, 6.07) is 13.0. The first-order valence-electron chi connectivity index (χ1n) is 9.63. The maximum absolute atomic E-state index is 14.5. The fraction of sp³-hybridized carbons (Fsp3) is 0.174. The van der Waals surface area contributed by atoms with Crippen LogP contribution < -0.4 is 5.73 Å². The van der Waals surface area contributed by atoms with E-state index in [0.717, 1.165) is 0 Å². The van der Waals surface area contributed by atoms with Gasteiger partial charge < -0.3 is 10.6 Å². The van der Waals surface area contributed by atoms with Gasteiger partial charge in [-0.1, -0.05) is 53.5 Å². The van der Waals surface area contributed by atoms with Crippen LogP contribution in [0.3, 0.4) is 0 Å². The van der Waals surface area contributed by atoms with E-state index in [-0.39, 0.29) is 15.7 Å². The van der Waals surface area contributed by atoms with E-state index in [1.807, 2.05) is 0 Å². The van der Waals surface area contributed by atoms with Crippen LogP contribution in [-0.4, -0.2) is 21.7 Å². The highest BCUT2D eigenvalue weighted by molar-refractivity contribution is 6.33. The largest absolute Gasteiger partial charge is 0.368 e. The minimum Gasteiger partial charge on any atom is -0.368 e. The summed E-state index contributed by atoms with van der Waals surface area (Å²) in [7, 11) is 0. The van der Waals surface area contributed by atoms with Crippen LogP contribution in [-0.2, 0) is 11.2 Å². The number of carbonyl (C=O) groups excluding carboxylic acids is 2. The monoisotopic (exact) mass is 457 g/mol. The van der Waals surface area contributed by atoms with Crippen LogP contribution in [0.5, 0.6) is 0 Å². The average molecular weight is 458 g/mol. The average Bonchev–Trinajstić information content (AvgIpc) is 3.16. The third-order valence-electron chi connectivity index (χ3n) is 5.42. The number of hydrogen-bond donors (Lipinski definition) is 1. The Morgan fingerprint density at radius 2 is 1.87 bits per heavy atom. The third kappa shape index (κ3) is 4.01. The SMILES string of the molecule is NC(=O)C(c1ccccc1)N(C(=O)c1ncccc1Cl)[C@@H]1CCc2c(F)cc(Cl)cc21. The molecule has 0 saturated carbocycles. The van der Waals surface area contributed by atoms with Gasteiger partial charge in [0, 0.05) is 11.2 Å². The van der Waals surface area contributed by atoms with Crippen molar-refractivity contribution in [2.75, 3.05) is 0 Å². The molecule has 0 aliphatic heterocycles. The van der Waals surface area contributed by atoms with Gasteiger partial charge >= 0.3 is 0 Å². The highest BCUT2D eigenvalue weighted by Gasteiger charge is 2.41. The molecule has 0 spiro atoms. The molecular formula is C23H18Cl2FN3O2. The van der Waals surface area contributed by atoms with Crippen molar-refractivity contribution in [2.24, 2.45) is 5.73 Å². The Morgan fingerprint density at radius 3 is 2.55 bits per heavy atom. The number of nitrogens with two attached hydrogens (primary N) is 1. The lowest BCUT2D eigenvalue weighted by Crippen LogP contribution is -2.44. The van der Waals surface area contributed by atoms with E-state index >= 15 is 0 Å². The van der Waals surface area contributed by atoms with Gasteiger partial charge in [0.1, 0.15) is 17.6 Å². The molecule has 4 rings (SSSR count). The van der Waals surface area contributed by atoms with Gasteiger partial charge in [0.25, 0.3) is 5.91 Å². The van der Waals surface area contributed by atoms with Crippen molar-refractivity contribution in [1.82, 2.24) is 9.88 Å². The number of rotatable bonds is 5. The molecule has 5 nitrogen and oxygen atoms in total. The number of amides is 2. The molecule has 0 saturated heterocycles. The Hall–Kier alpha value is -2.96. The van der Waals surface area contributed by atoms with Crippen LogP contribution in [0.4, 0.5) is 4.39 Å². The van der Waals surface area contributed by atoms with Crippen LogP contribution >= 0.6 is 23.2 Å². The molecule has 1 heterocycles. The van der Waals surface area contributed by atoms with Crippen LogP contribution in [0.15, 0.2) is 60.8 Å². The Morgan fingerprint density at radius 1 is 1.13 bits per heavy atom. The molecule has 2 aromatic carbocycles. The Kier molecular flexibility index (Phi) is 5.94. The van der Waals surface area contributed by atoms with Crippen LogP contribution in [0.1, 0.15) is 45.7 Å². The van der Waals surface area contributed by atoms with E-state index in [9.17, 15) is 14.0 Å². The van der Waals surface area contributed by atoms with Crippen LogP contribution in [0.25, 0.3) is 0 Å². The zero-order valence-corrected chi connectivity index (χ0v) is 17.8. The van der Waals surface area contributed by atoms with E-state index in [4.69, 9.17) is 28.9 Å². The maximum Gasteiger partial charge on any atom is 0.275 e. The number of pyridine rings is 1. The summed E-state index contributed by atoms with van der Waals surface area (Å²) < 4.78 is 14.5. The summed E-state index contributed by atoms with van der Waals surface area (Å²) in [5.41, 5.74) is 7.32. The standard InChI is InChI=1S/C23H18Cl2FN3O2/c24-14-11-16-15(18(26)12-14)8-9-19(16)29(23(31)20-17(25)7-4-10-28-20)21(22(27)30)13-5-2-1-3-6-13/h1-7,10-12,19,21H,8-9H2,(H2,27,30)/t19-,21?/m1/s1. The quantitative estimate of drug-likeness (QED) is 0.592. The van der Waals surface area contributed by atoms with Gasteiger partial charge in [-0.05, 0) is 53.8 Å². The van der Waals surface area contributed by atoms with Gasteiger partial charge in [0.2, 0.25) is 5.91 Å². The third-order valence-corrected chi connectivity index (χ3v) is 5.94. The van der Waals surface area contributed by atoms with Gasteiger partial charge in [0.05, 0.1) is 11.1 Å². The molecule has 2 amide bonds. The molecule has 31 heavy (non-hydrogen) atoms. The van der Waals surface area contributed by atoms with Crippen LogP contribution in [0.2, 0.25) is 10.0 Å². The number of carbonyl (C=O) groups is 2. The number of hydrogen-bond acceptors (Lipinski definition) is 3. The summed E-state index contributed by atoms with van der Waals surface area (Å²) in [4.78, 5) is 31.8. The molecule has 1 aliphatic rings. The smallest absolute Gasteiger partial charge is 0.275 e. The number of nitrogens with zero attached hydrogens (tertiary/aromatic N) is 2. The fourth-order valence-electron chi connectivity index (χ4n) is 4.11. The number of benzene rings is 2. The highest BCUT2D eigenvalue weighted by atomic mass is 35.5. The van der Waals surface area contributed by atoms with Crippen LogP contribution in [0, 0.1) is 5.82 Å². The van der Waals surface area contributed by atoms with Crippen molar-refractivity contribution >= 4 is 35.0 Å². The highest BCUT2D eigenvalue weighted by Crippen LogP contribution is 2.43. The van der Waals surface area contributed by atoms with Crippen molar-refractivity contribution in [3.05, 3.63) is 99.0 Å². The second-order valence-corrected chi connectivity index (χ2v) is 8.12. The van der Waals surface area contributed by atoms with E-state index in [1.54, 1.807) is 48.5 Å². The lowest BCUT2D eigenvalue weighted by Gasteiger charge is -2.35. The molecule has 158 valence electrons. The molecule has 0 radical (unpaired) electrons. The normalized spacial score (nSPS) is 15.9. The lowest BCUT2D eigenvalue weighted by molar-refractivity contribution is -0.123. The number of aromatic nitrogens is 1. The van der Waals surface area contributed by atoms with E-state index in [1.165, 1.54) is 17.2 Å². The van der Waals surface area contributed by atoms with Gasteiger partial charge in [0.15, 0.2) is 0 Å². The summed E-state index contributed by atoms with van der Waals surface area (Å²) >= 11 is 12.4. The zero-order valence-electron chi connectivity index (χ0n) is 16.3.